The van der Waals surface area contributed by atoms with E-state index in [1.54, 1.807) is 0 Å². The fraction of sp³-hybridized carbons (Fsp3) is 0.923. The molecule has 0 atom stereocenters. The lowest BCUT2D eigenvalue weighted by atomic mass is 10.1. The van der Waals surface area contributed by atoms with E-state index in [1.165, 1.54) is 0 Å². The first kappa shape index (κ1) is 14.5. The van der Waals surface area contributed by atoms with Gasteiger partial charge in [0.2, 0.25) is 0 Å². The molecule has 0 aliphatic carbocycles. The molecule has 0 aromatic rings. The molecule has 0 saturated carbocycles. The van der Waals surface area contributed by atoms with Crippen LogP contribution in [0.4, 0.5) is 0 Å². The zero-order valence-electron chi connectivity index (χ0n) is 11.0. The second-order valence-corrected chi connectivity index (χ2v) is 4.86. The molecule has 0 bridgehead atoms. The van der Waals surface area contributed by atoms with Gasteiger partial charge in [0.05, 0.1) is 6.61 Å². The number of nitrogens with two attached hydrogens (primary N) is 1. The number of rotatable bonds is 7. The molecule has 0 spiro atoms. The average Bonchev–Trinajstić information content (AvgIpc) is 2.32. The molecule has 1 heterocycles. The third-order valence-electron chi connectivity index (χ3n) is 3.25. The maximum absolute atomic E-state index is 11.4. The highest BCUT2D eigenvalue weighted by Crippen LogP contribution is 2.09. The van der Waals surface area contributed by atoms with E-state index in [1.807, 2.05) is 0 Å². The van der Waals surface area contributed by atoms with Crippen molar-refractivity contribution in [2.24, 2.45) is 5.73 Å². The first-order valence-corrected chi connectivity index (χ1v) is 6.86. The fourth-order valence-electron chi connectivity index (χ4n) is 2.03. The van der Waals surface area contributed by atoms with Crippen LogP contribution < -0.4 is 5.73 Å². The summed E-state index contributed by atoms with van der Waals surface area (Å²) in [6.45, 7) is 5.82. The van der Waals surface area contributed by atoms with Crippen LogP contribution in [0, 0.1) is 0 Å². The Bertz CT molecular complexity index is 213. The van der Waals surface area contributed by atoms with E-state index in [2.05, 4.69) is 11.8 Å². The SMILES string of the molecule is CCCCOC(=O)CCCN1CCC(N)CC1. The van der Waals surface area contributed by atoms with E-state index in [-0.39, 0.29) is 5.97 Å². The first-order valence-electron chi connectivity index (χ1n) is 6.86. The molecule has 17 heavy (non-hydrogen) atoms. The Kier molecular flexibility index (Phi) is 7.21. The summed E-state index contributed by atoms with van der Waals surface area (Å²) in [5, 5.41) is 0. The Balaban J connectivity index is 1.97. The zero-order valence-corrected chi connectivity index (χ0v) is 11.0. The van der Waals surface area contributed by atoms with Gasteiger partial charge >= 0.3 is 5.97 Å². The third-order valence-corrected chi connectivity index (χ3v) is 3.25. The lowest BCUT2D eigenvalue weighted by Crippen LogP contribution is -2.40. The molecule has 4 nitrogen and oxygen atoms in total. The van der Waals surface area contributed by atoms with Crippen LogP contribution in [0.25, 0.3) is 0 Å². The highest BCUT2D eigenvalue weighted by Gasteiger charge is 2.15. The van der Waals surface area contributed by atoms with Crippen molar-refractivity contribution in [2.45, 2.75) is 51.5 Å². The van der Waals surface area contributed by atoms with Gasteiger partial charge in [0.1, 0.15) is 0 Å². The molecule has 0 aromatic heterocycles. The van der Waals surface area contributed by atoms with Gasteiger partial charge in [-0.2, -0.15) is 0 Å². The highest BCUT2D eigenvalue weighted by molar-refractivity contribution is 5.69. The van der Waals surface area contributed by atoms with Crippen LogP contribution in [0.15, 0.2) is 0 Å². The van der Waals surface area contributed by atoms with Gasteiger partial charge in [-0.1, -0.05) is 13.3 Å². The minimum Gasteiger partial charge on any atom is -0.466 e. The minimum atomic E-state index is -0.0489. The molecule has 1 saturated heterocycles. The Morgan fingerprint density at radius 2 is 2.06 bits per heavy atom. The van der Waals surface area contributed by atoms with E-state index < -0.39 is 0 Å². The fourth-order valence-corrected chi connectivity index (χ4v) is 2.03. The van der Waals surface area contributed by atoms with Gasteiger partial charge in [-0.25, -0.2) is 0 Å². The quantitative estimate of drug-likeness (QED) is 0.543. The van der Waals surface area contributed by atoms with Gasteiger partial charge in [0, 0.05) is 12.5 Å². The zero-order chi connectivity index (χ0) is 12.5. The van der Waals surface area contributed by atoms with Crippen LogP contribution in [0.2, 0.25) is 0 Å². The minimum absolute atomic E-state index is 0.0489. The van der Waals surface area contributed by atoms with E-state index in [9.17, 15) is 4.79 Å². The van der Waals surface area contributed by atoms with Gasteiger partial charge < -0.3 is 15.4 Å². The van der Waals surface area contributed by atoms with Crippen molar-refractivity contribution in [3.05, 3.63) is 0 Å². The lowest BCUT2D eigenvalue weighted by Gasteiger charge is -2.29. The Hall–Kier alpha value is -0.610. The normalized spacial score (nSPS) is 18.2. The smallest absolute Gasteiger partial charge is 0.305 e. The summed E-state index contributed by atoms with van der Waals surface area (Å²) < 4.78 is 5.11. The number of hydrogen-bond acceptors (Lipinski definition) is 4. The second-order valence-electron chi connectivity index (χ2n) is 4.86. The average molecular weight is 242 g/mol. The van der Waals surface area contributed by atoms with Crippen molar-refractivity contribution < 1.29 is 9.53 Å². The third kappa shape index (κ3) is 6.64. The van der Waals surface area contributed by atoms with Crippen molar-refractivity contribution in [1.82, 2.24) is 4.90 Å². The summed E-state index contributed by atoms with van der Waals surface area (Å²) in [7, 11) is 0. The number of carbonyl (C=O) groups excluding carboxylic acids is 1. The number of likely N-dealkylation sites (tertiary alicyclic amines) is 1. The summed E-state index contributed by atoms with van der Waals surface area (Å²) in [6, 6.07) is 0.380. The molecule has 1 rings (SSSR count). The van der Waals surface area contributed by atoms with Gasteiger partial charge in [-0.05, 0) is 45.3 Å². The summed E-state index contributed by atoms with van der Waals surface area (Å²) in [6.07, 6.45) is 5.66. The molecule has 2 N–H and O–H groups in total. The Morgan fingerprint density at radius 1 is 1.35 bits per heavy atom. The largest absolute Gasteiger partial charge is 0.466 e. The number of esters is 1. The van der Waals surface area contributed by atoms with Crippen molar-refractivity contribution in [3.8, 4) is 0 Å². The van der Waals surface area contributed by atoms with Crippen molar-refractivity contribution >= 4 is 5.97 Å². The number of hydrogen-bond donors (Lipinski definition) is 1. The number of piperidine rings is 1. The summed E-state index contributed by atoms with van der Waals surface area (Å²) >= 11 is 0. The molecular weight excluding hydrogens is 216 g/mol. The predicted molar refractivity (Wildman–Crippen MR) is 68.8 cm³/mol. The standard InChI is InChI=1S/C13H26N2O2/c1-2-3-11-17-13(16)5-4-8-15-9-6-12(14)7-10-15/h12H,2-11,14H2,1H3. The van der Waals surface area contributed by atoms with Crippen LogP contribution in [0.5, 0.6) is 0 Å². The van der Waals surface area contributed by atoms with Gasteiger partial charge in [0.25, 0.3) is 0 Å². The molecule has 1 aliphatic rings. The monoisotopic (exact) mass is 242 g/mol. The molecule has 4 heteroatoms. The van der Waals surface area contributed by atoms with Crippen molar-refractivity contribution in [1.29, 1.82) is 0 Å². The van der Waals surface area contributed by atoms with Crippen LogP contribution in [0.3, 0.4) is 0 Å². The number of carbonyl (C=O) groups is 1. The lowest BCUT2D eigenvalue weighted by molar-refractivity contribution is -0.143. The van der Waals surface area contributed by atoms with Gasteiger partial charge in [-0.3, -0.25) is 4.79 Å². The molecule has 100 valence electrons. The molecular formula is C13H26N2O2. The van der Waals surface area contributed by atoms with Crippen LogP contribution in [-0.4, -0.2) is 43.2 Å². The summed E-state index contributed by atoms with van der Waals surface area (Å²) in [5.74, 6) is -0.0489. The number of ether oxygens (including phenoxy) is 1. The van der Waals surface area contributed by atoms with Gasteiger partial charge in [-0.15, -0.1) is 0 Å². The van der Waals surface area contributed by atoms with E-state index >= 15 is 0 Å². The van der Waals surface area contributed by atoms with Gasteiger partial charge in [0.15, 0.2) is 0 Å². The summed E-state index contributed by atoms with van der Waals surface area (Å²) in [5.41, 5.74) is 5.84. The highest BCUT2D eigenvalue weighted by atomic mass is 16.5. The molecule has 1 fully saturated rings. The predicted octanol–water partition coefficient (Wildman–Crippen LogP) is 1.53. The number of unbranched alkanes of at least 4 members (excludes halogenated alkanes) is 1. The second kappa shape index (κ2) is 8.48. The van der Waals surface area contributed by atoms with Crippen molar-refractivity contribution in [2.75, 3.05) is 26.2 Å². The van der Waals surface area contributed by atoms with Crippen molar-refractivity contribution in [3.63, 3.8) is 0 Å². The Labute approximate surface area is 104 Å². The maximum atomic E-state index is 11.4. The number of nitrogens with zero attached hydrogens (tertiary/aromatic N) is 1. The molecule has 0 aromatic carbocycles. The van der Waals surface area contributed by atoms with Crippen LogP contribution >= 0.6 is 0 Å². The van der Waals surface area contributed by atoms with E-state index in [0.29, 0.717) is 19.1 Å². The summed E-state index contributed by atoms with van der Waals surface area (Å²) in [4.78, 5) is 13.7. The first-order chi connectivity index (χ1) is 8.22. The molecule has 0 unspecified atom stereocenters. The molecule has 0 amide bonds. The van der Waals surface area contributed by atoms with Crippen LogP contribution in [-0.2, 0) is 9.53 Å². The maximum Gasteiger partial charge on any atom is 0.305 e. The Morgan fingerprint density at radius 3 is 2.71 bits per heavy atom. The van der Waals surface area contributed by atoms with Crippen LogP contribution in [0.1, 0.15) is 45.4 Å². The van der Waals surface area contributed by atoms with E-state index in [0.717, 1.165) is 51.7 Å². The molecule has 0 radical (unpaired) electrons. The topological polar surface area (TPSA) is 55.6 Å². The molecule has 1 aliphatic heterocycles. The van der Waals surface area contributed by atoms with E-state index in [4.69, 9.17) is 10.5 Å².